The Morgan fingerprint density at radius 1 is 1.15 bits per heavy atom. The number of imidazole rings is 1. The summed E-state index contributed by atoms with van der Waals surface area (Å²) < 4.78 is 7.67. The molecule has 3 aromatic heterocycles. The van der Waals surface area contributed by atoms with Gasteiger partial charge in [-0.25, -0.2) is 9.97 Å². The summed E-state index contributed by atoms with van der Waals surface area (Å²) >= 11 is 0. The minimum absolute atomic E-state index is 0.215. The number of ether oxygens (including phenoxy) is 1. The fourth-order valence-corrected chi connectivity index (χ4v) is 4.51. The Bertz CT molecular complexity index is 1470. The zero-order valence-corrected chi connectivity index (χ0v) is 18.8. The van der Waals surface area contributed by atoms with Crippen molar-refractivity contribution in [1.82, 2.24) is 24.6 Å². The van der Waals surface area contributed by atoms with Crippen molar-refractivity contribution in [3.05, 3.63) is 61.2 Å². The highest BCUT2D eigenvalue weighted by molar-refractivity contribution is 5.84. The first-order valence-corrected chi connectivity index (χ1v) is 11.3. The molecule has 0 unspecified atom stereocenters. The van der Waals surface area contributed by atoms with E-state index < -0.39 is 0 Å². The Morgan fingerprint density at radius 2 is 2.03 bits per heavy atom. The molecule has 0 saturated carbocycles. The molecule has 0 bridgehead atoms. The number of rotatable bonds is 5. The van der Waals surface area contributed by atoms with E-state index in [1.54, 1.807) is 13.3 Å². The van der Waals surface area contributed by atoms with Crippen LogP contribution in [0.4, 0.5) is 17.2 Å². The zero-order chi connectivity index (χ0) is 23.1. The molecule has 3 N–H and O–H groups in total. The van der Waals surface area contributed by atoms with Crippen molar-refractivity contribution in [2.45, 2.75) is 18.9 Å². The third kappa shape index (κ3) is 3.69. The van der Waals surface area contributed by atoms with Crippen molar-refractivity contribution in [2.75, 3.05) is 30.4 Å². The summed E-state index contributed by atoms with van der Waals surface area (Å²) in [5.74, 6) is 1.43. The van der Waals surface area contributed by atoms with Crippen LogP contribution < -0.4 is 15.0 Å². The van der Waals surface area contributed by atoms with Gasteiger partial charge in [-0.2, -0.15) is 5.10 Å². The van der Waals surface area contributed by atoms with Crippen LogP contribution in [0, 0.1) is 0 Å². The predicted octanol–water partition coefficient (Wildman–Crippen LogP) is 3.99. The molecule has 9 heteroatoms. The van der Waals surface area contributed by atoms with Gasteiger partial charge in [-0.3, -0.25) is 5.10 Å². The monoisotopic (exact) mass is 455 g/mol. The Balaban J connectivity index is 1.35. The molecular formula is C25H25N7O2. The average molecular weight is 456 g/mol. The van der Waals surface area contributed by atoms with Gasteiger partial charge >= 0.3 is 0 Å². The number of aliphatic hydroxyl groups excluding tert-OH is 1. The summed E-state index contributed by atoms with van der Waals surface area (Å²) in [7, 11) is 1.68. The van der Waals surface area contributed by atoms with Crippen molar-refractivity contribution in [3.63, 3.8) is 0 Å². The second kappa shape index (κ2) is 8.35. The number of piperidine rings is 1. The summed E-state index contributed by atoms with van der Waals surface area (Å²) in [6, 6.07) is 12.2. The van der Waals surface area contributed by atoms with E-state index >= 15 is 0 Å². The fraction of sp³-hybridized carbons (Fsp3) is 0.240. The maximum Gasteiger partial charge on any atom is 0.180 e. The van der Waals surface area contributed by atoms with Gasteiger partial charge in [0, 0.05) is 54.4 Å². The number of H-pyrrole nitrogens is 1. The second-order valence-corrected chi connectivity index (χ2v) is 8.53. The maximum absolute atomic E-state index is 9.84. The maximum atomic E-state index is 9.84. The van der Waals surface area contributed by atoms with Crippen molar-refractivity contribution in [3.8, 4) is 17.0 Å². The Labute approximate surface area is 196 Å². The summed E-state index contributed by atoms with van der Waals surface area (Å²) in [6.45, 7) is 1.62. The Hall–Kier alpha value is -4.11. The molecule has 5 aromatic rings. The lowest BCUT2D eigenvalue weighted by Gasteiger charge is -2.32. The van der Waals surface area contributed by atoms with Crippen LogP contribution in [0.15, 0.2) is 61.2 Å². The smallest absolute Gasteiger partial charge is 0.180 e. The molecule has 9 nitrogen and oxygen atoms in total. The Kier molecular flexibility index (Phi) is 5.03. The Morgan fingerprint density at radius 3 is 2.88 bits per heavy atom. The van der Waals surface area contributed by atoms with E-state index in [1.165, 1.54) is 0 Å². The highest BCUT2D eigenvalue weighted by Crippen LogP contribution is 2.34. The molecule has 172 valence electrons. The number of hydrogen-bond donors (Lipinski definition) is 3. The van der Waals surface area contributed by atoms with E-state index in [0.717, 1.165) is 70.9 Å². The molecular weight excluding hydrogens is 430 g/mol. The van der Waals surface area contributed by atoms with Crippen LogP contribution in [0.2, 0.25) is 0 Å². The number of nitrogens with one attached hydrogen (secondary N) is 2. The van der Waals surface area contributed by atoms with E-state index in [0.29, 0.717) is 5.82 Å². The van der Waals surface area contributed by atoms with Gasteiger partial charge in [-0.05, 0) is 31.0 Å². The SMILES string of the molecule is COc1cc(Nc2nc(-c3ccc4cn[nH]c4c3)cn3ccnc23)ccc1N1CCC(O)CC1. The molecule has 0 atom stereocenters. The van der Waals surface area contributed by atoms with Crippen molar-refractivity contribution < 1.29 is 9.84 Å². The number of hydrogen-bond acceptors (Lipinski definition) is 7. The van der Waals surface area contributed by atoms with Crippen LogP contribution in [0.5, 0.6) is 5.75 Å². The van der Waals surface area contributed by atoms with E-state index in [-0.39, 0.29) is 6.10 Å². The quantitative estimate of drug-likeness (QED) is 0.368. The van der Waals surface area contributed by atoms with Crippen LogP contribution in [-0.2, 0) is 0 Å². The minimum Gasteiger partial charge on any atom is -0.495 e. The number of methoxy groups -OCH3 is 1. The van der Waals surface area contributed by atoms with Gasteiger partial charge < -0.3 is 24.5 Å². The molecule has 6 rings (SSSR count). The van der Waals surface area contributed by atoms with Gasteiger partial charge in [0.05, 0.1) is 36.3 Å². The minimum atomic E-state index is -0.215. The molecule has 1 saturated heterocycles. The molecule has 0 radical (unpaired) electrons. The number of fused-ring (bicyclic) bond motifs is 2. The first kappa shape index (κ1) is 20.5. The van der Waals surface area contributed by atoms with Crippen LogP contribution in [0.3, 0.4) is 0 Å². The van der Waals surface area contributed by atoms with Gasteiger partial charge in [0.25, 0.3) is 0 Å². The lowest BCUT2D eigenvalue weighted by atomic mass is 10.1. The normalized spacial score (nSPS) is 14.7. The summed E-state index contributed by atoms with van der Waals surface area (Å²) in [5, 5.41) is 21.5. The van der Waals surface area contributed by atoms with Gasteiger partial charge in [-0.1, -0.05) is 12.1 Å². The fourth-order valence-electron chi connectivity index (χ4n) is 4.51. The topological polar surface area (TPSA) is 104 Å². The standard InChI is InChI=1S/C25H25N7O2/c1-34-23-13-18(4-5-22(23)31-9-6-19(33)7-10-31)28-24-25-26-8-11-32(25)15-21(29-24)16-2-3-17-14-27-30-20(17)12-16/h2-5,8,11-15,19,33H,6-7,9-10H2,1H3,(H,27,30)(H,28,29). The van der Waals surface area contributed by atoms with Crippen LogP contribution in [-0.4, -0.2) is 56.0 Å². The van der Waals surface area contributed by atoms with Crippen molar-refractivity contribution >= 4 is 33.7 Å². The first-order chi connectivity index (χ1) is 16.7. The van der Waals surface area contributed by atoms with Crippen molar-refractivity contribution in [1.29, 1.82) is 0 Å². The van der Waals surface area contributed by atoms with E-state index in [9.17, 15) is 5.11 Å². The van der Waals surface area contributed by atoms with Gasteiger partial charge in [-0.15, -0.1) is 0 Å². The molecule has 2 aromatic carbocycles. The summed E-state index contributed by atoms with van der Waals surface area (Å²) in [5.41, 5.74) is 5.39. The molecule has 1 aliphatic rings. The number of anilines is 3. The molecule has 34 heavy (non-hydrogen) atoms. The lowest BCUT2D eigenvalue weighted by Crippen LogP contribution is -2.35. The molecule has 1 aliphatic heterocycles. The molecule has 0 spiro atoms. The average Bonchev–Trinajstić information content (AvgIpc) is 3.53. The van der Waals surface area contributed by atoms with Crippen LogP contribution in [0.1, 0.15) is 12.8 Å². The number of nitrogens with zero attached hydrogens (tertiary/aromatic N) is 5. The highest BCUT2D eigenvalue weighted by atomic mass is 16.5. The number of aromatic amines is 1. The van der Waals surface area contributed by atoms with Crippen molar-refractivity contribution in [2.24, 2.45) is 0 Å². The zero-order valence-electron chi connectivity index (χ0n) is 18.8. The van der Waals surface area contributed by atoms with Gasteiger partial charge in [0.2, 0.25) is 0 Å². The summed E-state index contributed by atoms with van der Waals surface area (Å²) in [4.78, 5) is 11.6. The largest absolute Gasteiger partial charge is 0.495 e. The van der Waals surface area contributed by atoms with E-state index in [4.69, 9.17) is 9.72 Å². The van der Waals surface area contributed by atoms with Gasteiger partial charge in [0.15, 0.2) is 11.5 Å². The number of aromatic nitrogens is 5. The highest BCUT2D eigenvalue weighted by Gasteiger charge is 2.20. The number of benzene rings is 2. The van der Waals surface area contributed by atoms with Crippen LogP contribution >= 0.6 is 0 Å². The lowest BCUT2D eigenvalue weighted by molar-refractivity contribution is 0.145. The second-order valence-electron chi connectivity index (χ2n) is 8.53. The molecule has 4 heterocycles. The molecule has 0 amide bonds. The summed E-state index contributed by atoms with van der Waals surface area (Å²) in [6.07, 6.45) is 8.77. The van der Waals surface area contributed by atoms with Crippen LogP contribution in [0.25, 0.3) is 27.8 Å². The van der Waals surface area contributed by atoms with E-state index in [1.807, 2.05) is 53.3 Å². The molecule has 1 fully saturated rings. The number of aliphatic hydroxyl groups is 1. The van der Waals surface area contributed by atoms with Gasteiger partial charge in [0.1, 0.15) is 5.75 Å². The predicted molar refractivity (Wildman–Crippen MR) is 132 cm³/mol. The third-order valence-electron chi connectivity index (χ3n) is 6.36. The first-order valence-electron chi connectivity index (χ1n) is 11.3. The third-order valence-corrected chi connectivity index (χ3v) is 6.36. The van der Waals surface area contributed by atoms with E-state index in [2.05, 4.69) is 31.5 Å². The molecule has 0 aliphatic carbocycles.